The summed E-state index contributed by atoms with van der Waals surface area (Å²) in [5, 5.41) is 0.423. The molecule has 2 aliphatic heterocycles. The van der Waals surface area contributed by atoms with Crippen molar-refractivity contribution in [2.45, 2.75) is 51.5 Å². The third-order valence-corrected chi connectivity index (χ3v) is 6.35. The number of nitrogens with zero attached hydrogens (tertiary/aromatic N) is 4. The fourth-order valence-corrected chi connectivity index (χ4v) is 4.99. The van der Waals surface area contributed by atoms with Crippen LogP contribution in [0.4, 0.5) is 0 Å². The van der Waals surface area contributed by atoms with Gasteiger partial charge in [0.05, 0.1) is 23.5 Å². The Morgan fingerprint density at radius 2 is 1.96 bits per heavy atom. The number of aromatic nitrogens is 2. The first-order valence-corrected chi connectivity index (χ1v) is 10.0. The van der Waals surface area contributed by atoms with Crippen molar-refractivity contribution in [3.63, 3.8) is 0 Å². The Bertz CT molecular complexity index is 616. The van der Waals surface area contributed by atoms with Crippen molar-refractivity contribution < 1.29 is 4.79 Å². The third kappa shape index (κ3) is 3.68. The second-order valence-corrected chi connectivity index (χ2v) is 8.50. The van der Waals surface area contributed by atoms with Crippen LogP contribution in [0.5, 0.6) is 0 Å². The van der Waals surface area contributed by atoms with E-state index in [9.17, 15) is 4.79 Å². The minimum absolute atomic E-state index is 0.132. The van der Waals surface area contributed by atoms with Gasteiger partial charge in [0, 0.05) is 26.2 Å². The molecule has 0 aromatic carbocycles. The number of halogens is 1. The first-order chi connectivity index (χ1) is 12.1. The van der Waals surface area contributed by atoms with Gasteiger partial charge in [0.1, 0.15) is 5.15 Å². The summed E-state index contributed by atoms with van der Waals surface area (Å²) in [6.07, 6.45) is 12.1. The summed E-state index contributed by atoms with van der Waals surface area (Å²) in [5.41, 5.74) is 0.791. The van der Waals surface area contributed by atoms with Gasteiger partial charge in [0.25, 0.3) is 0 Å². The Morgan fingerprint density at radius 3 is 2.68 bits per heavy atom. The molecule has 1 amide bonds. The van der Waals surface area contributed by atoms with Gasteiger partial charge >= 0.3 is 0 Å². The molecule has 3 heterocycles. The largest absolute Gasteiger partial charge is 0.341 e. The maximum atomic E-state index is 12.9. The van der Waals surface area contributed by atoms with Crippen LogP contribution >= 0.6 is 11.6 Å². The van der Waals surface area contributed by atoms with Crippen molar-refractivity contribution in [1.82, 2.24) is 19.8 Å². The molecule has 3 fully saturated rings. The summed E-state index contributed by atoms with van der Waals surface area (Å²) in [6.45, 7) is 4.58. The monoisotopic (exact) mass is 362 g/mol. The molecular formula is C19H27ClN4O. The highest BCUT2D eigenvalue weighted by molar-refractivity contribution is 6.29. The van der Waals surface area contributed by atoms with E-state index in [0.717, 1.165) is 57.2 Å². The average Bonchev–Trinajstić information content (AvgIpc) is 2.64. The quantitative estimate of drug-likeness (QED) is 0.772. The van der Waals surface area contributed by atoms with Crippen molar-refractivity contribution in [1.29, 1.82) is 0 Å². The number of likely N-dealkylation sites (tertiary alicyclic amines) is 2. The zero-order valence-corrected chi connectivity index (χ0v) is 15.5. The van der Waals surface area contributed by atoms with E-state index in [-0.39, 0.29) is 5.41 Å². The zero-order valence-electron chi connectivity index (χ0n) is 14.8. The molecule has 0 bridgehead atoms. The molecule has 136 valence electrons. The molecule has 1 aromatic heterocycles. The van der Waals surface area contributed by atoms with Crippen LogP contribution in [0.25, 0.3) is 0 Å². The lowest BCUT2D eigenvalue weighted by Crippen LogP contribution is -2.67. The van der Waals surface area contributed by atoms with Crippen molar-refractivity contribution in [3.05, 3.63) is 23.2 Å². The molecule has 0 N–H and O–H groups in total. The van der Waals surface area contributed by atoms with E-state index < -0.39 is 0 Å². The number of hydrogen-bond acceptors (Lipinski definition) is 4. The molecule has 1 unspecified atom stereocenters. The number of rotatable bonds is 4. The van der Waals surface area contributed by atoms with Crippen molar-refractivity contribution in [2.75, 3.05) is 26.2 Å². The minimum Gasteiger partial charge on any atom is -0.341 e. The lowest BCUT2D eigenvalue weighted by molar-refractivity contribution is -0.167. The predicted molar refractivity (Wildman–Crippen MR) is 97.1 cm³/mol. The van der Waals surface area contributed by atoms with Gasteiger partial charge in [-0.2, -0.15) is 0 Å². The van der Waals surface area contributed by atoms with Crippen molar-refractivity contribution >= 4 is 17.5 Å². The maximum Gasteiger partial charge on any atom is 0.231 e. The molecule has 1 aliphatic carbocycles. The molecule has 6 heteroatoms. The number of hydrogen-bond donors (Lipinski definition) is 0. The summed E-state index contributed by atoms with van der Waals surface area (Å²) in [7, 11) is 0. The first kappa shape index (κ1) is 17.2. The zero-order chi connectivity index (χ0) is 17.3. The van der Waals surface area contributed by atoms with E-state index in [1.165, 1.54) is 32.1 Å². The van der Waals surface area contributed by atoms with Gasteiger partial charge in [0.2, 0.25) is 5.91 Å². The number of β-lactam (4-membered cyclic amide) rings is 1. The third-order valence-electron chi connectivity index (χ3n) is 6.15. The molecule has 5 nitrogen and oxygen atoms in total. The second kappa shape index (κ2) is 7.20. The number of amides is 1. The summed E-state index contributed by atoms with van der Waals surface area (Å²) < 4.78 is 0. The molecule has 1 atom stereocenters. The van der Waals surface area contributed by atoms with Gasteiger partial charge in [-0.1, -0.05) is 30.9 Å². The van der Waals surface area contributed by atoms with Crippen LogP contribution in [0, 0.1) is 11.3 Å². The highest BCUT2D eigenvalue weighted by Crippen LogP contribution is 2.41. The SMILES string of the molecule is O=C1N(CC2CCCCC2)CC12CCCN(Cc1cnc(Cl)cn1)C2. The number of carbonyl (C=O) groups is 1. The van der Waals surface area contributed by atoms with E-state index in [4.69, 9.17) is 11.6 Å². The predicted octanol–water partition coefficient (Wildman–Crippen LogP) is 3.13. The fourth-order valence-electron chi connectivity index (χ4n) is 4.89. The van der Waals surface area contributed by atoms with Crippen molar-refractivity contribution in [2.24, 2.45) is 11.3 Å². The molecule has 3 aliphatic rings. The molecule has 25 heavy (non-hydrogen) atoms. The summed E-state index contributed by atoms with van der Waals surface area (Å²) in [4.78, 5) is 25.8. The van der Waals surface area contributed by atoms with Crippen LogP contribution in [0.15, 0.2) is 12.4 Å². The van der Waals surface area contributed by atoms with Gasteiger partial charge in [0.15, 0.2) is 0 Å². The normalized spacial score (nSPS) is 28.4. The van der Waals surface area contributed by atoms with E-state index >= 15 is 0 Å². The van der Waals surface area contributed by atoms with Gasteiger partial charge in [-0.25, -0.2) is 4.98 Å². The Kier molecular flexibility index (Phi) is 4.96. The fraction of sp³-hybridized carbons (Fsp3) is 0.737. The standard InChI is InChI=1S/C19H27ClN4O/c20-17-10-21-16(9-22-17)12-23-8-4-7-19(13-23)14-24(18(19)25)11-15-5-2-1-3-6-15/h9-10,15H,1-8,11-14H2. The maximum absolute atomic E-state index is 12.9. The highest BCUT2D eigenvalue weighted by atomic mass is 35.5. The van der Waals surface area contributed by atoms with Gasteiger partial charge in [-0.15, -0.1) is 0 Å². The topological polar surface area (TPSA) is 49.3 Å². The van der Waals surface area contributed by atoms with Gasteiger partial charge in [-0.05, 0) is 38.1 Å². The lowest BCUT2D eigenvalue weighted by atomic mass is 9.71. The smallest absolute Gasteiger partial charge is 0.231 e. The molecule has 1 spiro atoms. The van der Waals surface area contributed by atoms with Crippen LogP contribution in [0.1, 0.15) is 50.6 Å². The van der Waals surface area contributed by atoms with Crippen LogP contribution in [-0.2, 0) is 11.3 Å². The molecular weight excluding hydrogens is 336 g/mol. The Balaban J connectivity index is 1.33. The van der Waals surface area contributed by atoms with E-state index in [2.05, 4.69) is 19.8 Å². The van der Waals surface area contributed by atoms with E-state index in [0.29, 0.717) is 11.1 Å². The van der Waals surface area contributed by atoms with Crippen LogP contribution in [-0.4, -0.2) is 51.9 Å². The molecule has 2 saturated heterocycles. The first-order valence-electron chi connectivity index (χ1n) is 9.63. The van der Waals surface area contributed by atoms with E-state index in [1.807, 2.05) is 0 Å². The molecule has 1 saturated carbocycles. The van der Waals surface area contributed by atoms with E-state index in [1.54, 1.807) is 12.4 Å². The number of piperidine rings is 1. The summed E-state index contributed by atoms with van der Waals surface area (Å²) in [6, 6.07) is 0. The summed E-state index contributed by atoms with van der Waals surface area (Å²) in [5.74, 6) is 1.13. The Labute approximate surface area is 154 Å². The molecule has 0 radical (unpaired) electrons. The highest BCUT2D eigenvalue weighted by Gasteiger charge is 2.53. The van der Waals surface area contributed by atoms with Crippen LogP contribution in [0.2, 0.25) is 5.15 Å². The van der Waals surface area contributed by atoms with Crippen molar-refractivity contribution in [3.8, 4) is 0 Å². The Morgan fingerprint density at radius 1 is 1.12 bits per heavy atom. The summed E-state index contributed by atoms with van der Waals surface area (Å²) >= 11 is 5.81. The molecule has 1 aromatic rings. The lowest BCUT2D eigenvalue weighted by Gasteiger charge is -2.54. The molecule has 4 rings (SSSR count). The van der Waals surface area contributed by atoms with Crippen LogP contribution < -0.4 is 0 Å². The number of carbonyl (C=O) groups excluding carboxylic acids is 1. The van der Waals surface area contributed by atoms with Gasteiger partial charge in [-0.3, -0.25) is 14.7 Å². The average molecular weight is 363 g/mol. The minimum atomic E-state index is -0.132. The van der Waals surface area contributed by atoms with Crippen LogP contribution in [0.3, 0.4) is 0 Å². The Hall–Kier alpha value is -1.20. The van der Waals surface area contributed by atoms with Gasteiger partial charge < -0.3 is 4.90 Å². The second-order valence-electron chi connectivity index (χ2n) is 8.11.